The summed E-state index contributed by atoms with van der Waals surface area (Å²) in [7, 11) is 0. The molecule has 1 saturated carbocycles. The van der Waals surface area contributed by atoms with E-state index < -0.39 is 0 Å². The van der Waals surface area contributed by atoms with Crippen molar-refractivity contribution in [1.29, 1.82) is 0 Å². The van der Waals surface area contributed by atoms with Crippen LogP contribution in [0.25, 0.3) is 10.9 Å². The van der Waals surface area contributed by atoms with E-state index in [0.717, 1.165) is 60.9 Å². The minimum atomic E-state index is -0.0312. The fourth-order valence-electron chi connectivity index (χ4n) is 5.64. The van der Waals surface area contributed by atoms with Gasteiger partial charge in [0.25, 0.3) is 5.56 Å². The molecule has 1 atom stereocenters. The molecule has 7 nitrogen and oxygen atoms in total. The summed E-state index contributed by atoms with van der Waals surface area (Å²) in [5, 5.41) is 14.2. The first-order chi connectivity index (χ1) is 18.1. The van der Waals surface area contributed by atoms with E-state index in [-0.39, 0.29) is 11.6 Å². The maximum atomic E-state index is 13.2. The Kier molecular flexibility index (Phi) is 7.79. The summed E-state index contributed by atoms with van der Waals surface area (Å²) in [6.45, 7) is 7.71. The lowest BCUT2D eigenvalue weighted by atomic mass is 10.0. The molecule has 5 rings (SSSR count). The molecule has 0 spiro atoms. The quantitative estimate of drug-likeness (QED) is 0.288. The fraction of sp³-hybridized carbons (Fsp3) is 0.467. The Morgan fingerprint density at radius 3 is 2.51 bits per heavy atom. The van der Waals surface area contributed by atoms with E-state index in [0.29, 0.717) is 12.6 Å². The number of aromatic nitrogens is 5. The van der Waals surface area contributed by atoms with Crippen LogP contribution < -0.4 is 5.56 Å². The van der Waals surface area contributed by atoms with Gasteiger partial charge in [-0.25, -0.2) is 4.68 Å². The van der Waals surface area contributed by atoms with Gasteiger partial charge in [0, 0.05) is 24.2 Å². The Hall–Kier alpha value is -3.32. The van der Waals surface area contributed by atoms with Gasteiger partial charge in [-0.05, 0) is 77.7 Å². The topological polar surface area (TPSA) is 79.7 Å². The molecule has 0 unspecified atom stereocenters. The summed E-state index contributed by atoms with van der Waals surface area (Å²) in [5.74, 6) is 0.923. The van der Waals surface area contributed by atoms with Crippen LogP contribution in [0.1, 0.15) is 92.5 Å². The lowest BCUT2D eigenvalue weighted by molar-refractivity contribution is 0.153. The van der Waals surface area contributed by atoms with Crippen LogP contribution in [0, 0.1) is 6.92 Å². The van der Waals surface area contributed by atoms with Gasteiger partial charge in [-0.1, -0.05) is 69.0 Å². The van der Waals surface area contributed by atoms with Crippen LogP contribution in [0.4, 0.5) is 0 Å². The van der Waals surface area contributed by atoms with E-state index >= 15 is 0 Å². The maximum Gasteiger partial charge on any atom is 0.252 e. The lowest BCUT2D eigenvalue weighted by Crippen LogP contribution is -2.33. The number of nitrogens with one attached hydrogen (secondary N) is 1. The molecule has 0 bridgehead atoms. The molecule has 0 aliphatic heterocycles. The SMILES string of the molecule is CCC[C@H](c1nnnn1C1CCCC1)N(Cc1ccc(C)cc1)Cc1cc2cc(CC)ccc2[nH]c1=O. The van der Waals surface area contributed by atoms with E-state index in [1.165, 1.54) is 29.5 Å². The zero-order valence-electron chi connectivity index (χ0n) is 22.3. The van der Waals surface area contributed by atoms with Gasteiger partial charge in [0.2, 0.25) is 0 Å². The van der Waals surface area contributed by atoms with Crippen LogP contribution in [0.5, 0.6) is 0 Å². The summed E-state index contributed by atoms with van der Waals surface area (Å²) in [4.78, 5) is 18.8. The van der Waals surface area contributed by atoms with Crippen LogP contribution in [-0.4, -0.2) is 30.1 Å². The number of H-pyrrole nitrogens is 1. The Morgan fingerprint density at radius 2 is 1.78 bits per heavy atom. The second-order valence-electron chi connectivity index (χ2n) is 10.5. The predicted octanol–water partition coefficient (Wildman–Crippen LogP) is 6.04. The van der Waals surface area contributed by atoms with Crippen LogP contribution in [0.3, 0.4) is 0 Å². The molecule has 2 aromatic carbocycles. The minimum Gasteiger partial charge on any atom is -0.322 e. The summed E-state index contributed by atoms with van der Waals surface area (Å²) in [6.07, 6.45) is 7.58. The molecule has 1 N–H and O–H groups in total. The molecule has 2 heterocycles. The molecule has 2 aromatic heterocycles. The normalized spacial score (nSPS) is 15.1. The monoisotopic (exact) mass is 498 g/mol. The van der Waals surface area contributed by atoms with Gasteiger partial charge in [-0.3, -0.25) is 9.69 Å². The number of pyridine rings is 1. The molecule has 0 radical (unpaired) electrons. The van der Waals surface area contributed by atoms with Crippen LogP contribution in [0.2, 0.25) is 0 Å². The van der Waals surface area contributed by atoms with Crippen molar-refractivity contribution < 1.29 is 0 Å². The summed E-state index contributed by atoms with van der Waals surface area (Å²) in [5.41, 5.74) is 5.35. The zero-order chi connectivity index (χ0) is 25.8. The van der Waals surface area contributed by atoms with Crippen molar-refractivity contribution in [3.63, 3.8) is 0 Å². The average molecular weight is 499 g/mol. The molecule has 37 heavy (non-hydrogen) atoms. The number of benzene rings is 2. The summed E-state index contributed by atoms with van der Waals surface area (Å²) < 4.78 is 2.08. The number of aromatic amines is 1. The first-order valence-electron chi connectivity index (χ1n) is 13.8. The number of rotatable bonds is 10. The van der Waals surface area contributed by atoms with Crippen molar-refractivity contribution in [3.8, 4) is 0 Å². The van der Waals surface area contributed by atoms with E-state index in [2.05, 4.69) is 93.3 Å². The highest BCUT2D eigenvalue weighted by atomic mass is 16.1. The van der Waals surface area contributed by atoms with Gasteiger partial charge in [0.15, 0.2) is 5.82 Å². The van der Waals surface area contributed by atoms with Crippen molar-refractivity contribution >= 4 is 10.9 Å². The number of hydrogen-bond donors (Lipinski definition) is 1. The van der Waals surface area contributed by atoms with E-state index in [4.69, 9.17) is 0 Å². The van der Waals surface area contributed by atoms with Crippen molar-refractivity contribution in [2.24, 2.45) is 0 Å². The van der Waals surface area contributed by atoms with Gasteiger partial charge >= 0.3 is 0 Å². The highest BCUT2D eigenvalue weighted by molar-refractivity contribution is 5.79. The first-order valence-corrected chi connectivity index (χ1v) is 13.8. The number of aryl methyl sites for hydroxylation is 2. The molecule has 194 valence electrons. The molecular formula is C30H38N6O. The van der Waals surface area contributed by atoms with Crippen LogP contribution in [0.15, 0.2) is 53.3 Å². The molecule has 1 aliphatic rings. The number of fused-ring (bicyclic) bond motifs is 1. The minimum absolute atomic E-state index is 0.0129. The zero-order valence-corrected chi connectivity index (χ0v) is 22.3. The highest BCUT2D eigenvalue weighted by Crippen LogP contribution is 2.34. The molecule has 1 fully saturated rings. The maximum absolute atomic E-state index is 13.2. The standard InChI is InChI=1S/C30H38N6O/c1-4-8-28(29-32-33-34-36(29)26-9-6-7-10-26)35(19-23-13-11-21(3)12-14-23)20-25-18-24-17-22(5-2)15-16-27(24)31-30(25)37/h11-18,26,28H,4-10,19-20H2,1-3H3,(H,31,37)/t28-/m1/s1. The molecular weight excluding hydrogens is 460 g/mol. The Bertz CT molecular complexity index is 1380. The molecule has 1 aliphatic carbocycles. The van der Waals surface area contributed by atoms with Crippen LogP contribution >= 0.6 is 0 Å². The van der Waals surface area contributed by atoms with Gasteiger partial charge in [0.05, 0.1) is 12.1 Å². The van der Waals surface area contributed by atoms with Crippen molar-refractivity contribution in [2.45, 2.75) is 90.9 Å². The van der Waals surface area contributed by atoms with Gasteiger partial charge in [-0.15, -0.1) is 5.10 Å². The van der Waals surface area contributed by atoms with Crippen molar-refractivity contribution in [2.75, 3.05) is 0 Å². The fourth-order valence-corrected chi connectivity index (χ4v) is 5.64. The van der Waals surface area contributed by atoms with Crippen molar-refractivity contribution in [3.05, 3.63) is 87.0 Å². The molecule has 0 amide bonds. The Labute approximate surface area is 218 Å². The van der Waals surface area contributed by atoms with E-state index in [1.807, 2.05) is 6.07 Å². The predicted molar refractivity (Wildman–Crippen MR) is 147 cm³/mol. The third kappa shape index (κ3) is 5.67. The smallest absolute Gasteiger partial charge is 0.252 e. The Morgan fingerprint density at radius 1 is 1.03 bits per heavy atom. The second-order valence-corrected chi connectivity index (χ2v) is 10.5. The van der Waals surface area contributed by atoms with E-state index in [9.17, 15) is 4.79 Å². The summed E-state index contributed by atoms with van der Waals surface area (Å²) >= 11 is 0. The highest BCUT2D eigenvalue weighted by Gasteiger charge is 2.30. The molecule has 4 aromatic rings. The van der Waals surface area contributed by atoms with Gasteiger partial charge in [0.1, 0.15) is 0 Å². The number of tetrazole rings is 1. The largest absolute Gasteiger partial charge is 0.322 e. The number of hydrogen-bond acceptors (Lipinski definition) is 5. The third-order valence-corrected chi connectivity index (χ3v) is 7.76. The number of nitrogens with zero attached hydrogens (tertiary/aromatic N) is 5. The van der Waals surface area contributed by atoms with E-state index in [1.54, 1.807) is 0 Å². The lowest BCUT2D eigenvalue weighted by Gasteiger charge is -2.31. The third-order valence-electron chi connectivity index (χ3n) is 7.76. The summed E-state index contributed by atoms with van der Waals surface area (Å²) in [6, 6.07) is 17.4. The van der Waals surface area contributed by atoms with Gasteiger partial charge in [-0.2, -0.15) is 0 Å². The second kappa shape index (κ2) is 11.4. The molecule has 0 saturated heterocycles. The average Bonchev–Trinajstić information content (AvgIpc) is 3.60. The van der Waals surface area contributed by atoms with Gasteiger partial charge < -0.3 is 4.98 Å². The van der Waals surface area contributed by atoms with Crippen molar-refractivity contribution in [1.82, 2.24) is 30.1 Å². The van der Waals surface area contributed by atoms with Crippen LogP contribution in [-0.2, 0) is 19.5 Å². The molecule has 7 heteroatoms. The first kappa shape index (κ1) is 25.3. The Balaban J connectivity index is 1.55.